The molecule has 9 heteroatoms. The van der Waals surface area contributed by atoms with Crippen LogP contribution in [0.1, 0.15) is 483 Å². The van der Waals surface area contributed by atoms with Gasteiger partial charge < -0.3 is 42.0 Å². The van der Waals surface area contributed by atoms with Gasteiger partial charge in [0.25, 0.3) is 0 Å². The van der Waals surface area contributed by atoms with E-state index in [1.165, 1.54) is 49.9 Å². The van der Waals surface area contributed by atoms with Gasteiger partial charge in [-0.3, -0.25) is 0 Å². The Labute approximate surface area is 729 Å². The summed E-state index contributed by atoms with van der Waals surface area (Å²) in [5, 5.41) is 19.5. The molecule has 0 aliphatic carbocycles. The molecule has 0 aliphatic rings. The van der Waals surface area contributed by atoms with Crippen LogP contribution < -0.4 is 32.9 Å². The van der Waals surface area contributed by atoms with E-state index >= 15 is 0 Å². The maximum Gasteiger partial charge on any atom is 0.205 e. The van der Waals surface area contributed by atoms with Gasteiger partial charge in [0.05, 0.1) is 0 Å². The van der Waals surface area contributed by atoms with Crippen LogP contribution in [0.2, 0.25) is 0 Å². The Hall–Kier alpha value is -2.37. The van der Waals surface area contributed by atoms with Gasteiger partial charge in [0.15, 0.2) is 0 Å². The van der Waals surface area contributed by atoms with Crippen LogP contribution in [0.25, 0.3) is 14.5 Å². The van der Waals surface area contributed by atoms with Crippen molar-refractivity contribution in [2.75, 3.05) is 38.7 Å². The number of nitrogens with one attached hydrogen (secondary N) is 1. The molecular formula is C97H250Br3N4OP. The van der Waals surface area contributed by atoms with Crippen LogP contribution in [-0.4, -0.2) is 49.5 Å². The van der Waals surface area contributed by atoms with Gasteiger partial charge in [-0.15, -0.1) is 0 Å². The Bertz CT molecular complexity index is 998. The molecule has 0 saturated heterocycles. The smallest absolute Gasteiger partial charge is 0.205 e. The number of aliphatic hydroxyl groups excluding tert-OH is 1. The first-order chi connectivity index (χ1) is 45.1. The van der Waals surface area contributed by atoms with Gasteiger partial charge in [-0.05, 0) is 78.4 Å². The van der Waals surface area contributed by atoms with Gasteiger partial charge in [0, 0.05) is 12.3 Å². The molecule has 0 bridgehead atoms. The monoisotopic (exact) mass is 1760 g/mol. The minimum absolute atomic E-state index is 0. The van der Waals surface area contributed by atoms with E-state index in [-0.39, 0.29) is 120 Å². The number of alkyl halides is 2. The van der Waals surface area contributed by atoms with Crippen LogP contribution in [0, 0.1) is 25.1 Å². The summed E-state index contributed by atoms with van der Waals surface area (Å²) in [6, 6.07) is 32.6. The lowest BCUT2D eigenvalue weighted by atomic mass is 10.3. The van der Waals surface area contributed by atoms with Crippen molar-refractivity contribution in [2.45, 2.75) is 483 Å². The van der Waals surface area contributed by atoms with E-state index < -0.39 is 7.26 Å². The lowest BCUT2D eigenvalue weighted by molar-refractivity contribution is -0.0000292. The van der Waals surface area contributed by atoms with Gasteiger partial charge in [0.2, 0.25) is 21.1 Å². The Morgan fingerprint density at radius 3 is 0.415 bits per heavy atom. The molecule has 0 atom stereocenters. The van der Waals surface area contributed by atoms with Crippen molar-refractivity contribution in [3.8, 4) is 0 Å². The van der Waals surface area contributed by atoms with Crippen LogP contribution in [0.15, 0.2) is 91.0 Å². The van der Waals surface area contributed by atoms with Gasteiger partial charge in [-0.25, -0.2) is 19.7 Å². The number of hydrogen-bond donors (Lipinski definition) is 2. The number of aliphatic hydroxyl groups is 1. The van der Waals surface area contributed by atoms with Crippen LogP contribution in [0.3, 0.4) is 0 Å². The Morgan fingerprint density at radius 2 is 0.368 bits per heavy atom. The molecule has 0 fully saturated rings. The topological polar surface area (TPSA) is 57.2 Å². The first-order valence-electron chi connectivity index (χ1n) is 38.0. The zero-order chi connectivity index (χ0) is 83.1. The van der Waals surface area contributed by atoms with Crippen molar-refractivity contribution in [1.82, 2.24) is 0 Å². The number of hydrogen-bond acceptors (Lipinski definition) is 2. The fraction of sp³-hybridized carbons (Fsp3) is 0.773. The number of rotatable bonds is 5. The van der Waals surface area contributed by atoms with E-state index in [0.29, 0.717) is 0 Å². The van der Waals surface area contributed by atoms with Crippen molar-refractivity contribution in [1.29, 1.82) is 5.41 Å². The van der Waals surface area contributed by atoms with E-state index in [0.717, 1.165) is 17.2 Å². The molecular weight excluding hydrogens is 1510 g/mol. The van der Waals surface area contributed by atoms with Crippen molar-refractivity contribution in [2.24, 2.45) is 0 Å². The summed E-state index contributed by atoms with van der Waals surface area (Å²) in [6.07, 6.45) is 3.39. The molecule has 0 aromatic heterocycles. The normalized spacial score (nSPS) is 4.69. The van der Waals surface area contributed by atoms with Crippen molar-refractivity contribution in [3.05, 3.63) is 125 Å². The highest BCUT2D eigenvalue weighted by Gasteiger charge is 2.44. The second-order valence-corrected chi connectivity index (χ2v) is 13.4. The van der Waals surface area contributed by atoms with Crippen LogP contribution in [0.4, 0.5) is 0 Å². The third-order valence-corrected chi connectivity index (χ3v) is 10.5. The van der Waals surface area contributed by atoms with Gasteiger partial charge in [-0.1, -0.05) is 533 Å². The lowest BCUT2D eigenvalue weighted by Crippen LogP contribution is -3.00. The Kier molecular flexibility index (Phi) is 1990. The first-order valence-corrected chi connectivity index (χ1v) is 42.7. The predicted molar refractivity (Wildman–Crippen MR) is 568 cm³/mol. The molecule has 3 aromatic carbocycles. The van der Waals surface area contributed by atoms with Crippen molar-refractivity contribution < 1.29 is 22.1 Å². The van der Waals surface area contributed by atoms with Crippen LogP contribution >= 0.6 is 39.1 Å². The zero-order valence-electron chi connectivity index (χ0n) is 76.6. The summed E-state index contributed by atoms with van der Waals surface area (Å²) in [4.78, 5) is 8.25. The summed E-state index contributed by atoms with van der Waals surface area (Å²) in [7, 11) is 2.63. The summed E-state index contributed by atoms with van der Waals surface area (Å²) >= 11 is 6.77. The van der Waals surface area contributed by atoms with E-state index in [4.69, 9.17) is 30.2 Å². The van der Waals surface area contributed by atoms with Crippen LogP contribution in [0.5, 0.6) is 0 Å². The summed E-state index contributed by atoms with van der Waals surface area (Å²) in [5.74, 6) is 1.81. The van der Waals surface area contributed by atoms with E-state index in [2.05, 4.69) is 165 Å². The highest BCUT2D eigenvalue weighted by atomic mass is 79.9. The largest absolute Gasteiger partial charge is 1.00 e. The minimum Gasteiger partial charge on any atom is -1.00 e. The van der Waals surface area contributed by atoms with E-state index in [9.17, 15) is 0 Å². The standard InChI is InChI=1S/C19H17BrP.C4H9N.2C3H8.3C2H3N.C2H6O.23C2H6.CH3Br.13CH4.BrH/c20-16-21(17-10-4-1-5-11-17,18-12-6-2-7-13-18)19-14-8-3-9-15-19;1-3-4(2)5;5*1-3-2;1-2-3;24*1-2;;;;;;;;;;;;;;/h1-15H,16H2;5H,3H2,1-2H3;2*3H2,1-2H3;3*1H3;3H,2H2,1H3;23*1-2H3;1H3;13*1H4;1H/q+1;;;;;;;;;;;;;;;;;;;;;;;;;;;;;;;;;;;;;;;;;;;;;/p-1. The highest BCUT2D eigenvalue weighted by Crippen LogP contribution is 2.56. The molecule has 0 saturated carbocycles. The maximum atomic E-state index is 7.57. The molecule has 0 aliphatic heterocycles. The average Bonchev–Trinajstić information content (AvgIpc) is 0.768. The van der Waals surface area contributed by atoms with Gasteiger partial charge in [-0.2, -0.15) is 0 Å². The summed E-state index contributed by atoms with van der Waals surface area (Å²) in [5.41, 5.74) is 0.755. The van der Waals surface area contributed by atoms with E-state index in [1.807, 2.05) is 331 Å². The third-order valence-electron chi connectivity index (χ3n) is 4.30. The minimum atomic E-state index is -1.62. The highest BCUT2D eigenvalue weighted by molar-refractivity contribution is 9.10. The summed E-state index contributed by atoms with van der Waals surface area (Å²) < 4.78 is 0. The quantitative estimate of drug-likeness (QED) is 0.114. The van der Waals surface area contributed by atoms with Crippen molar-refractivity contribution >= 4 is 60.7 Å². The molecule has 106 heavy (non-hydrogen) atoms. The number of nitrogens with zero attached hydrogens (tertiary/aromatic N) is 3. The molecule has 0 amide bonds. The molecule has 3 aromatic rings. The Morgan fingerprint density at radius 1 is 0.302 bits per heavy atom. The van der Waals surface area contributed by atoms with Gasteiger partial charge in [0.1, 0.15) is 28.2 Å². The average molecular weight is 1760 g/mol. The number of benzene rings is 3. The molecule has 5 nitrogen and oxygen atoms in total. The molecule has 0 radical (unpaired) electrons. The molecule has 3 rings (SSSR count). The molecule has 0 heterocycles. The van der Waals surface area contributed by atoms with Crippen LogP contribution in [-0.2, 0) is 0 Å². The zero-order valence-corrected chi connectivity index (χ0v) is 82.2. The summed E-state index contributed by atoms with van der Waals surface area (Å²) in [6.45, 7) is 124. The third kappa shape index (κ3) is 517. The SMILES string of the molecule is BrC[P+](c1ccccc1)(c1ccccc1)c1ccccc1.C.C.C.C.C.C.C.C.C.C.C.C.C.CBr.CC.CC.CC.CC.CC.CC.CC.CC.CC.CC.CC.CC.CC.CC.CC.CC.CC.CC.CC.CC.CC.CC.CC.CCC.CCC.CCC(C)=N.CCO.[Br-].[C-]#[N+]C.[C-]#[N+]C.[C-]#[N+]C. The van der Waals surface area contributed by atoms with Gasteiger partial charge >= 0.3 is 0 Å². The second-order valence-electron chi connectivity index (χ2n) is 8.47. The Balaban J connectivity index is -0.0000000101. The maximum absolute atomic E-state index is 7.57. The van der Waals surface area contributed by atoms with E-state index in [1.54, 1.807) is 13.8 Å². The first kappa shape index (κ1) is 297. The molecule has 0 unspecified atom stereocenters. The fourth-order valence-corrected chi connectivity index (χ4v) is 8.66. The lowest BCUT2D eigenvalue weighted by Gasteiger charge is -2.25. The van der Waals surface area contributed by atoms with Crippen molar-refractivity contribution in [3.63, 3.8) is 0 Å². The fourth-order valence-electron chi connectivity index (χ4n) is 2.70. The molecule has 690 valence electrons. The molecule has 0 spiro atoms. The number of halogens is 3. The second kappa shape index (κ2) is 710. The molecule has 2 N–H and O–H groups in total. The predicted octanol–water partition coefficient (Wildman–Crippen LogP) is 40.1.